The molecule has 0 saturated carbocycles. The third-order valence-electron chi connectivity index (χ3n) is 4.79. The van der Waals surface area contributed by atoms with Crippen molar-refractivity contribution < 1.29 is 14.3 Å². The van der Waals surface area contributed by atoms with Gasteiger partial charge in [-0.15, -0.1) is 11.3 Å². The van der Waals surface area contributed by atoms with Crippen molar-refractivity contribution >= 4 is 39.2 Å². The summed E-state index contributed by atoms with van der Waals surface area (Å²) in [5, 5.41) is 5.19. The van der Waals surface area contributed by atoms with Crippen molar-refractivity contribution in [3.63, 3.8) is 0 Å². The van der Waals surface area contributed by atoms with Gasteiger partial charge in [0, 0.05) is 34.5 Å². The molecule has 5 nitrogen and oxygen atoms in total. The molecule has 0 spiro atoms. The summed E-state index contributed by atoms with van der Waals surface area (Å²) < 4.78 is 12.2. The van der Waals surface area contributed by atoms with Crippen molar-refractivity contribution in [3.05, 3.63) is 56.2 Å². The second-order valence-corrected chi connectivity index (χ2v) is 8.42. The summed E-state index contributed by atoms with van der Waals surface area (Å²) in [7, 11) is 0. The van der Waals surface area contributed by atoms with Gasteiger partial charge in [0.15, 0.2) is 0 Å². The molecule has 1 amide bonds. The van der Waals surface area contributed by atoms with Crippen LogP contribution in [0, 0.1) is 0 Å². The largest absolute Gasteiger partial charge is 0.488 e. The SMILES string of the molecule is O=C(NC[C@H](c1cccs1)N1CCOCC1)C1=Cc2cc(Br)ccc2OC1. The van der Waals surface area contributed by atoms with E-state index in [1.807, 2.05) is 24.3 Å². The highest BCUT2D eigenvalue weighted by molar-refractivity contribution is 9.10. The van der Waals surface area contributed by atoms with Gasteiger partial charge in [0.25, 0.3) is 5.91 Å². The van der Waals surface area contributed by atoms with Crippen molar-refractivity contribution in [1.82, 2.24) is 10.2 Å². The Labute approximate surface area is 171 Å². The van der Waals surface area contributed by atoms with E-state index in [0.29, 0.717) is 18.7 Å². The van der Waals surface area contributed by atoms with E-state index in [9.17, 15) is 4.79 Å². The number of halogens is 1. The zero-order valence-electron chi connectivity index (χ0n) is 14.8. The van der Waals surface area contributed by atoms with Gasteiger partial charge in [-0.3, -0.25) is 9.69 Å². The molecule has 1 fully saturated rings. The number of amides is 1. The average Bonchev–Trinajstić information content (AvgIpc) is 3.22. The first-order chi connectivity index (χ1) is 13.2. The Bertz CT molecular complexity index is 832. The molecule has 1 N–H and O–H groups in total. The number of rotatable bonds is 5. The third kappa shape index (κ3) is 4.43. The van der Waals surface area contributed by atoms with Gasteiger partial charge in [-0.2, -0.15) is 0 Å². The Morgan fingerprint density at radius 1 is 1.30 bits per heavy atom. The summed E-state index contributed by atoms with van der Waals surface area (Å²) in [6.45, 7) is 4.10. The molecular formula is C20H21BrN2O3S. The number of fused-ring (bicyclic) bond motifs is 1. The van der Waals surface area contributed by atoms with Crippen LogP contribution in [0.4, 0.5) is 0 Å². The summed E-state index contributed by atoms with van der Waals surface area (Å²) in [5.74, 6) is 0.731. The molecule has 1 aromatic carbocycles. The molecule has 3 heterocycles. The predicted octanol–water partition coefficient (Wildman–Crippen LogP) is 3.48. The number of benzene rings is 1. The second kappa shape index (κ2) is 8.56. The minimum absolute atomic E-state index is 0.0737. The fourth-order valence-corrected chi connectivity index (χ4v) is 4.60. The molecule has 27 heavy (non-hydrogen) atoms. The number of nitrogens with zero attached hydrogens (tertiary/aromatic N) is 1. The summed E-state index contributed by atoms with van der Waals surface area (Å²) in [4.78, 5) is 16.4. The maximum atomic E-state index is 12.7. The van der Waals surface area contributed by atoms with Crippen LogP contribution in [0.15, 0.2) is 45.8 Å². The van der Waals surface area contributed by atoms with Gasteiger partial charge in [-0.05, 0) is 35.7 Å². The van der Waals surface area contributed by atoms with E-state index in [1.54, 1.807) is 11.3 Å². The van der Waals surface area contributed by atoms with Gasteiger partial charge < -0.3 is 14.8 Å². The second-order valence-electron chi connectivity index (χ2n) is 6.53. The Kier molecular flexibility index (Phi) is 5.92. The standard InChI is InChI=1S/C20H21BrN2O3S/c21-16-3-4-18-14(11-16)10-15(13-26-18)20(24)22-12-17(19-2-1-9-27-19)23-5-7-25-8-6-23/h1-4,9-11,17H,5-8,12-13H2,(H,22,24)/t17-/m1/s1. The van der Waals surface area contributed by atoms with Crippen molar-refractivity contribution in [2.24, 2.45) is 0 Å². The summed E-state index contributed by atoms with van der Waals surface area (Å²) >= 11 is 5.19. The molecule has 0 unspecified atom stereocenters. The average molecular weight is 449 g/mol. The molecule has 7 heteroatoms. The number of morpholine rings is 1. The lowest BCUT2D eigenvalue weighted by Gasteiger charge is -2.34. The summed E-state index contributed by atoms with van der Waals surface area (Å²) in [6, 6.07) is 10.2. The number of carbonyl (C=O) groups is 1. The van der Waals surface area contributed by atoms with Crippen molar-refractivity contribution in [1.29, 1.82) is 0 Å². The van der Waals surface area contributed by atoms with Gasteiger partial charge in [-0.1, -0.05) is 22.0 Å². The number of hydrogen-bond donors (Lipinski definition) is 1. The topological polar surface area (TPSA) is 50.8 Å². The lowest BCUT2D eigenvalue weighted by molar-refractivity contribution is -0.118. The molecule has 0 bridgehead atoms. The molecule has 0 radical (unpaired) electrons. The van der Waals surface area contributed by atoms with Crippen LogP contribution in [0.3, 0.4) is 0 Å². The highest BCUT2D eigenvalue weighted by Crippen LogP contribution is 2.29. The van der Waals surface area contributed by atoms with Crippen LogP contribution in [-0.2, 0) is 9.53 Å². The van der Waals surface area contributed by atoms with Gasteiger partial charge >= 0.3 is 0 Å². The van der Waals surface area contributed by atoms with E-state index >= 15 is 0 Å². The molecule has 2 aliphatic rings. The quantitative estimate of drug-likeness (QED) is 0.760. The molecule has 2 aliphatic heterocycles. The number of nitrogens with one attached hydrogen (secondary N) is 1. The Morgan fingerprint density at radius 2 is 2.15 bits per heavy atom. The molecule has 1 saturated heterocycles. The maximum absolute atomic E-state index is 12.7. The highest BCUT2D eigenvalue weighted by Gasteiger charge is 2.25. The first kappa shape index (κ1) is 18.7. The Hall–Kier alpha value is -1.67. The lowest BCUT2D eigenvalue weighted by atomic mass is 10.1. The van der Waals surface area contributed by atoms with Crippen LogP contribution in [-0.4, -0.2) is 50.3 Å². The number of hydrogen-bond acceptors (Lipinski definition) is 5. The fraction of sp³-hybridized carbons (Fsp3) is 0.350. The normalized spacial score (nSPS) is 18.2. The Morgan fingerprint density at radius 3 is 2.93 bits per heavy atom. The van der Waals surface area contributed by atoms with Gasteiger partial charge in [0.05, 0.1) is 24.8 Å². The molecule has 142 valence electrons. The van der Waals surface area contributed by atoms with E-state index in [-0.39, 0.29) is 11.9 Å². The van der Waals surface area contributed by atoms with E-state index < -0.39 is 0 Å². The molecule has 4 rings (SSSR count). The van der Waals surface area contributed by atoms with E-state index in [1.165, 1.54) is 4.88 Å². The summed E-state index contributed by atoms with van der Waals surface area (Å²) in [5.41, 5.74) is 1.57. The van der Waals surface area contributed by atoms with Crippen molar-refractivity contribution in [3.8, 4) is 5.75 Å². The van der Waals surface area contributed by atoms with Crippen LogP contribution < -0.4 is 10.1 Å². The molecular weight excluding hydrogens is 428 g/mol. The highest BCUT2D eigenvalue weighted by atomic mass is 79.9. The van der Waals surface area contributed by atoms with Gasteiger partial charge in [-0.25, -0.2) is 0 Å². The number of carbonyl (C=O) groups excluding carboxylic acids is 1. The lowest BCUT2D eigenvalue weighted by Crippen LogP contribution is -2.44. The smallest absolute Gasteiger partial charge is 0.250 e. The van der Waals surface area contributed by atoms with Crippen LogP contribution in [0.5, 0.6) is 5.75 Å². The van der Waals surface area contributed by atoms with Crippen LogP contribution in [0.2, 0.25) is 0 Å². The summed E-state index contributed by atoms with van der Waals surface area (Å²) in [6.07, 6.45) is 1.91. The molecule has 0 aliphatic carbocycles. The first-order valence-corrected chi connectivity index (χ1v) is 10.6. The minimum Gasteiger partial charge on any atom is -0.488 e. The van der Waals surface area contributed by atoms with Gasteiger partial charge in [0.1, 0.15) is 12.4 Å². The predicted molar refractivity (Wildman–Crippen MR) is 110 cm³/mol. The first-order valence-electron chi connectivity index (χ1n) is 8.97. The Balaban J connectivity index is 1.45. The monoisotopic (exact) mass is 448 g/mol. The number of ether oxygens (including phenoxy) is 2. The van der Waals surface area contributed by atoms with E-state index in [2.05, 4.69) is 43.7 Å². The molecule has 2 aromatic rings. The fourth-order valence-electron chi connectivity index (χ4n) is 3.36. The third-order valence-corrected chi connectivity index (χ3v) is 6.26. The zero-order chi connectivity index (χ0) is 18.6. The molecule has 1 atom stereocenters. The van der Waals surface area contributed by atoms with E-state index in [0.717, 1.165) is 42.1 Å². The van der Waals surface area contributed by atoms with E-state index in [4.69, 9.17) is 9.47 Å². The maximum Gasteiger partial charge on any atom is 0.250 e. The van der Waals surface area contributed by atoms with Gasteiger partial charge in [0.2, 0.25) is 0 Å². The van der Waals surface area contributed by atoms with Crippen molar-refractivity contribution in [2.75, 3.05) is 39.5 Å². The van der Waals surface area contributed by atoms with Crippen LogP contribution >= 0.6 is 27.3 Å². The van der Waals surface area contributed by atoms with Crippen molar-refractivity contribution in [2.45, 2.75) is 6.04 Å². The minimum atomic E-state index is -0.0737. The zero-order valence-corrected chi connectivity index (χ0v) is 17.2. The molecule has 1 aromatic heterocycles. The van der Waals surface area contributed by atoms with Crippen LogP contribution in [0.25, 0.3) is 6.08 Å². The van der Waals surface area contributed by atoms with Crippen LogP contribution in [0.1, 0.15) is 16.5 Å². The number of thiophene rings is 1.